The van der Waals surface area contributed by atoms with Crippen LogP contribution in [-0.2, 0) is 7.05 Å². The molecule has 15 heavy (non-hydrogen) atoms. The largest absolute Gasteiger partial charge is 0.392 e. The van der Waals surface area contributed by atoms with Gasteiger partial charge in [-0.05, 0) is 23.3 Å². The lowest BCUT2D eigenvalue weighted by Crippen LogP contribution is -2.21. The van der Waals surface area contributed by atoms with Crippen molar-refractivity contribution in [2.24, 2.45) is 7.05 Å². The van der Waals surface area contributed by atoms with E-state index in [1.165, 1.54) is 12.8 Å². The van der Waals surface area contributed by atoms with Gasteiger partial charge in [-0.25, -0.2) is 4.68 Å². The Kier molecular flexibility index (Phi) is 3.58. The summed E-state index contributed by atoms with van der Waals surface area (Å²) in [4.78, 5) is 0. The zero-order chi connectivity index (χ0) is 10.7. The highest BCUT2D eigenvalue weighted by molar-refractivity contribution is 7.99. The fourth-order valence-corrected chi connectivity index (χ4v) is 2.97. The molecule has 1 N–H and O–H groups in total. The highest BCUT2D eigenvalue weighted by atomic mass is 32.2. The van der Waals surface area contributed by atoms with Crippen molar-refractivity contribution < 1.29 is 5.11 Å². The molecule has 6 heteroatoms. The van der Waals surface area contributed by atoms with E-state index in [9.17, 15) is 5.11 Å². The molecule has 84 valence electrons. The van der Waals surface area contributed by atoms with Crippen molar-refractivity contribution in [3.8, 4) is 0 Å². The molecule has 1 fully saturated rings. The second-order valence-corrected chi connectivity index (χ2v) is 5.15. The minimum absolute atomic E-state index is 0.214. The maximum atomic E-state index is 9.94. The van der Waals surface area contributed by atoms with Crippen LogP contribution >= 0.6 is 11.8 Å². The van der Waals surface area contributed by atoms with Gasteiger partial charge in [0.15, 0.2) is 0 Å². The zero-order valence-electron chi connectivity index (χ0n) is 8.83. The summed E-state index contributed by atoms with van der Waals surface area (Å²) in [5, 5.41) is 22.3. The minimum Gasteiger partial charge on any atom is -0.392 e. The number of aryl methyl sites for hydroxylation is 1. The topological polar surface area (TPSA) is 63.8 Å². The van der Waals surface area contributed by atoms with Gasteiger partial charge in [-0.3, -0.25) is 0 Å². The number of nitrogens with zero attached hydrogens (tertiary/aromatic N) is 4. The molecule has 2 atom stereocenters. The summed E-state index contributed by atoms with van der Waals surface area (Å²) in [7, 11) is 1.82. The number of thioether (sulfide) groups is 1. The molecule has 0 saturated heterocycles. The van der Waals surface area contributed by atoms with Gasteiger partial charge in [-0.15, -0.1) is 5.10 Å². The molecule has 1 heterocycles. The van der Waals surface area contributed by atoms with Crippen LogP contribution in [0.25, 0.3) is 0 Å². The predicted molar refractivity (Wildman–Crippen MR) is 57.5 cm³/mol. The third-order valence-electron chi connectivity index (χ3n) is 2.76. The second kappa shape index (κ2) is 4.94. The Balaban J connectivity index is 2.00. The van der Waals surface area contributed by atoms with Crippen molar-refractivity contribution in [2.75, 3.05) is 0 Å². The lowest BCUT2D eigenvalue weighted by atomic mass is 10.1. The summed E-state index contributed by atoms with van der Waals surface area (Å²) in [5.41, 5.74) is 0. The molecule has 2 unspecified atom stereocenters. The van der Waals surface area contributed by atoms with Gasteiger partial charge in [0, 0.05) is 12.3 Å². The maximum absolute atomic E-state index is 9.94. The average molecular weight is 228 g/mol. The molecule has 0 bridgehead atoms. The molecule has 2 rings (SSSR count). The first kappa shape index (κ1) is 10.9. The van der Waals surface area contributed by atoms with Gasteiger partial charge in [-0.1, -0.05) is 31.0 Å². The summed E-state index contributed by atoms with van der Waals surface area (Å²) in [6.07, 6.45) is 5.30. The number of hydrogen-bond donors (Lipinski definition) is 1. The molecule has 0 spiro atoms. The fraction of sp³-hybridized carbons (Fsp3) is 0.889. The van der Waals surface area contributed by atoms with E-state index >= 15 is 0 Å². The third-order valence-corrected chi connectivity index (χ3v) is 4.17. The number of tetrazole rings is 1. The van der Waals surface area contributed by atoms with Crippen LogP contribution in [-0.4, -0.2) is 36.7 Å². The van der Waals surface area contributed by atoms with E-state index in [1.54, 1.807) is 16.4 Å². The van der Waals surface area contributed by atoms with Gasteiger partial charge in [0.25, 0.3) is 0 Å². The molecule has 1 aliphatic rings. The van der Waals surface area contributed by atoms with Crippen molar-refractivity contribution in [2.45, 2.75) is 48.6 Å². The Labute approximate surface area is 93.2 Å². The quantitative estimate of drug-likeness (QED) is 0.765. The van der Waals surface area contributed by atoms with Crippen molar-refractivity contribution >= 4 is 11.8 Å². The molecular weight excluding hydrogens is 212 g/mol. The van der Waals surface area contributed by atoms with Crippen molar-refractivity contribution in [1.29, 1.82) is 0 Å². The highest BCUT2D eigenvalue weighted by Gasteiger charge is 2.24. The Morgan fingerprint density at radius 2 is 2.13 bits per heavy atom. The summed E-state index contributed by atoms with van der Waals surface area (Å²) < 4.78 is 1.66. The van der Waals surface area contributed by atoms with Crippen LogP contribution in [0.5, 0.6) is 0 Å². The van der Waals surface area contributed by atoms with Gasteiger partial charge >= 0.3 is 0 Å². The van der Waals surface area contributed by atoms with E-state index < -0.39 is 0 Å². The SMILES string of the molecule is Cn1nnnc1SC1CCCCCC1O. The van der Waals surface area contributed by atoms with Gasteiger partial charge in [0.1, 0.15) is 0 Å². The molecule has 0 amide bonds. The van der Waals surface area contributed by atoms with E-state index in [2.05, 4.69) is 15.5 Å². The number of aliphatic hydroxyl groups is 1. The first-order valence-corrected chi connectivity index (χ1v) is 6.22. The molecule has 0 radical (unpaired) electrons. The van der Waals surface area contributed by atoms with E-state index in [0.717, 1.165) is 24.4 Å². The second-order valence-electron chi connectivity index (χ2n) is 3.95. The normalized spacial score (nSPS) is 27.6. The van der Waals surface area contributed by atoms with Crippen molar-refractivity contribution in [3.05, 3.63) is 0 Å². The van der Waals surface area contributed by atoms with Gasteiger partial charge in [0.05, 0.1) is 6.10 Å². The summed E-state index contributed by atoms with van der Waals surface area (Å²) >= 11 is 1.60. The maximum Gasteiger partial charge on any atom is 0.209 e. The number of aliphatic hydroxyl groups excluding tert-OH is 1. The smallest absolute Gasteiger partial charge is 0.209 e. The Morgan fingerprint density at radius 1 is 1.33 bits per heavy atom. The van der Waals surface area contributed by atoms with Crippen molar-refractivity contribution in [3.63, 3.8) is 0 Å². The van der Waals surface area contributed by atoms with Crippen LogP contribution in [0.4, 0.5) is 0 Å². The van der Waals surface area contributed by atoms with Crippen LogP contribution in [0.3, 0.4) is 0 Å². The van der Waals surface area contributed by atoms with Gasteiger partial charge < -0.3 is 5.11 Å². The van der Waals surface area contributed by atoms with Crippen LogP contribution in [0, 0.1) is 0 Å². The standard InChI is InChI=1S/C9H16N4OS/c1-13-9(10-11-12-13)15-8-6-4-2-3-5-7(8)14/h7-8,14H,2-6H2,1H3. The highest BCUT2D eigenvalue weighted by Crippen LogP contribution is 2.31. The van der Waals surface area contributed by atoms with E-state index in [-0.39, 0.29) is 11.4 Å². The molecule has 1 aliphatic carbocycles. The Hall–Kier alpha value is -0.620. The zero-order valence-corrected chi connectivity index (χ0v) is 9.65. The first-order chi connectivity index (χ1) is 7.27. The van der Waals surface area contributed by atoms with Crippen LogP contribution < -0.4 is 0 Å². The minimum atomic E-state index is -0.214. The van der Waals surface area contributed by atoms with E-state index in [0.29, 0.717) is 0 Å². The monoisotopic (exact) mass is 228 g/mol. The van der Waals surface area contributed by atoms with Gasteiger partial charge in [-0.2, -0.15) is 0 Å². The summed E-state index contributed by atoms with van der Waals surface area (Å²) in [5.74, 6) is 0. The van der Waals surface area contributed by atoms with Crippen LogP contribution in [0.15, 0.2) is 5.16 Å². The number of rotatable bonds is 2. The summed E-state index contributed by atoms with van der Waals surface area (Å²) in [6, 6.07) is 0. The molecule has 0 aromatic carbocycles. The molecule has 5 nitrogen and oxygen atoms in total. The number of hydrogen-bond acceptors (Lipinski definition) is 5. The van der Waals surface area contributed by atoms with Gasteiger partial charge in [0.2, 0.25) is 5.16 Å². The predicted octanol–water partition coefficient (Wildman–Crippen LogP) is 0.996. The summed E-state index contributed by atoms with van der Waals surface area (Å²) in [6.45, 7) is 0. The lowest BCUT2D eigenvalue weighted by Gasteiger charge is -2.18. The van der Waals surface area contributed by atoms with E-state index in [4.69, 9.17) is 0 Å². The van der Waals surface area contributed by atoms with E-state index in [1.807, 2.05) is 7.05 Å². The fourth-order valence-electron chi connectivity index (χ4n) is 1.85. The van der Waals surface area contributed by atoms with Crippen LogP contribution in [0.1, 0.15) is 32.1 Å². The lowest BCUT2D eigenvalue weighted by molar-refractivity contribution is 0.163. The molecule has 0 aliphatic heterocycles. The van der Waals surface area contributed by atoms with Crippen molar-refractivity contribution in [1.82, 2.24) is 20.2 Å². The Bertz CT molecular complexity index is 317. The average Bonchev–Trinajstić information content (AvgIpc) is 2.50. The molecule has 1 saturated carbocycles. The number of aromatic nitrogens is 4. The first-order valence-electron chi connectivity index (χ1n) is 5.34. The molecule has 1 aromatic rings. The van der Waals surface area contributed by atoms with Crippen LogP contribution in [0.2, 0.25) is 0 Å². The Morgan fingerprint density at radius 3 is 2.87 bits per heavy atom. The third kappa shape index (κ3) is 2.69. The molecule has 1 aromatic heterocycles. The molecular formula is C9H16N4OS.